The third-order valence-electron chi connectivity index (χ3n) is 2.49. The zero-order chi connectivity index (χ0) is 11.6. The van der Waals surface area contributed by atoms with Crippen LogP contribution in [0.4, 0.5) is 0 Å². The first-order chi connectivity index (χ1) is 7.88. The maximum Gasteiger partial charge on any atom is 4.00 e. The van der Waals surface area contributed by atoms with Crippen molar-refractivity contribution >= 4 is 25.3 Å². The van der Waals surface area contributed by atoms with E-state index in [1.165, 1.54) is 30.1 Å². The molecule has 17 heavy (non-hydrogen) atoms. The fourth-order valence-electron chi connectivity index (χ4n) is 1.75. The van der Waals surface area contributed by atoms with Crippen LogP contribution in [0.15, 0.2) is 35.2 Å². The van der Waals surface area contributed by atoms with Gasteiger partial charge in [0.15, 0.2) is 0 Å². The Morgan fingerprint density at radius 3 is 2.35 bits per heavy atom. The molecule has 0 amide bonds. The van der Waals surface area contributed by atoms with Crippen molar-refractivity contribution in [3.63, 3.8) is 0 Å². The molecule has 2 unspecified atom stereocenters. The first kappa shape index (κ1) is 17.1. The van der Waals surface area contributed by atoms with Crippen molar-refractivity contribution in [3.8, 4) is 0 Å². The van der Waals surface area contributed by atoms with Crippen LogP contribution in [0, 0.1) is 0 Å². The normalized spacial score (nSPS) is 26.6. The van der Waals surface area contributed by atoms with Gasteiger partial charge in [-0.25, -0.2) is 10.8 Å². The molecule has 0 aliphatic carbocycles. The second kappa shape index (κ2) is 11.2. The van der Waals surface area contributed by atoms with E-state index >= 15 is 0 Å². The van der Waals surface area contributed by atoms with Crippen LogP contribution < -0.4 is 0 Å². The van der Waals surface area contributed by atoms with E-state index in [2.05, 4.69) is 48.0 Å². The molecule has 2 rings (SSSR count). The molecule has 0 spiro atoms. The van der Waals surface area contributed by atoms with Crippen LogP contribution in [0.25, 0.3) is 10.6 Å². The molecule has 0 aromatic rings. The fraction of sp³-hybridized carbons (Fsp3) is 0.500. The Hall–Kier alpha value is 0.108. The Morgan fingerprint density at radius 2 is 1.88 bits per heavy atom. The molecule has 5 heteroatoms. The molecule has 96 valence electrons. The molecular formula is C12H16N2PtS2. The maximum absolute atomic E-state index is 4.57. The summed E-state index contributed by atoms with van der Waals surface area (Å²) in [7, 11) is 0. The second-order valence-corrected chi connectivity index (χ2v) is 4.15. The minimum Gasteiger partial charge on any atom is -0.789 e. The van der Waals surface area contributed by atoms with Crippen LogP contribution >= 0.6 is 0 Å². The molecule has 2 atom stereocenters. The van der Waals surface area contributed by atoms with Crippen LogP contribution in [0.3, 0.4) is 0 Å². The summed E-state index contributed by atoms with van der Waals surface area (Å²) in [5, 5.41) is 11.8. The molecule has 0 bridgehead atoms. The zero-order valence-corrected chi connectivity index (χ0v) is 13.4. The van der Waals surface area contributed by atoms with Crippen molar-refractivity contribution in [2.24, 2.45) is 0 Å². The molecular weight excluding hydrogens is 431 g/mol. The number of hydrogen-bond donors (Lipinski definition) is 0. The van der Waals surface area contributed by atoms with Gasteiger partial charge in [0.2, 0.25) is 0 Å². The van der Waals surface area contributed by atoms with Gasteiger partial charge in [-0.15, -0.1) is 24.7 Å². The number of allylic oxidation sites excluding steroid dienone is 2. The Labute approximate surface area is 129 Å². The summed E-state index contributed by atoms with van der Waals surface area (Å²) in [6.07, 6.45) is 11.9. The molecule has 2 aliphatic rings. The molecule has 0 aromatic heterocycles. The van der Waals surface area contributed by atoms with Crippen molar-refractivity contribution in [1.82, 2.24) is 0 Å². The van der Waals surface area contributed by atoms with Crippen LogP contribution in [0.5, 0.6) is 0 Å². The SMILES string of the molecule is C1=C[N-]C(C2CCCC[N-]2)C=C1.[Pt+4].[S-]C=C[S-]. The molecule has 0 radical (unpaired) electrons. The number of nitrogens with zero attached hydrogens (tertiary/aromatic N) is 2. The summed E-state index contributed by atoms with van der Waals surface area (Å²) < 4.78 is 0. The topological polar surface area (TPSA) is 28.2 Å². The van der Waals surface area contributed by atoms with Gasteiger partial charge in [-0.2, -0.15) is 6.20 Å². The third kappa shape index (κ3) is 7.20. The standard InChI is InChI=1S/C10H14N2.C2H4S2.Pt/c1-3-7-11-9(5-1)10-6-2-4-8-12-10;3-1-2-4;/h1,3,5,7,9-10H,2,4,6,8H2;1-4H;/q-2;;+4/p-2. The zero-order valence-electron chi connectivity index (χ0n) is 9.47. The van der Waals surface area contributed by atoms with Crippen molar-refractivity contribution in [2.45, 2.75) is 31.3 Å². The first-order valence-electron chi connectivity index (χ1n) is 5.47. The fourth-order valence-corrected chi connectivity index (χ4v) is 1.75. The van der Waals surface area contributed by atoms with E-state index in [0.717, 1.165) is 6.54 Å². The van der Waals surface area contributed by atoms with E-state index in [-0.39, 0.29) is 21.1 Å². The summed E-state index contributed by atoms with van der Waals surface area (Å²) in [5.74, 6) is 0. The number of piperidine rings is 1. The smallest absolute Gasteiger partial charge is 0.789 e. The molecule has 0 N–H and O–H groups in total. The van der Waals surface area contributed by atoms with E-state index in [1.807, 2.05) is 12.3 Å². The van der Waals surface area contributed by atoms with E-state index in [4.69, 9.17) is 0 Å². The van der Waals surface area contributed by atoms with E-state index in [9.17, 15) is 0 Å². The van der Waals surface area contributed by atoms with Gasteiger partial charge < -0.3 is 35.9 Å². The number of rotatable bonds is 1. The molecule has 1 saturated heterocycles. The van der Waals surface area contributed by atoms with Gasteiger partial charge in [-0.1, -0.05) is 31.4 Å². The maximum atomic E-state index is 4.57. The molecule has 1 fully saturated rings. The Kier molecular flexibility index (Phi) is 11.3. The van der Waals surface area contributed by atoms with Gasteiger partial charge in [-0.3, -0.25) is 0 Å². The van der Waals surface area contributed by atoms with Crippen LogP contribution in [-0.4, -0.2) is 18.6 Å². The molecule has 2 aliphatic heterocycles. The van der Waals surface area contributed by atoms with Crippen LogP contribution in [-0.2, 0) is 46.3 Å². The largest absolute Gasteiger partial charge is 4.00 e. The van der Waals surface area contributed by atoms with Crippen molar-refractivity contribution in [1.29, 1.82) is 0 Å². The van der Waals surface area contributed by atoms with Gasteiger partial charge in [0.05, 0.1) is 0 Å². The third-order valence-corrected chi connectivity index (χ3v) is 2.93. The monoisotopic (exact) mass is 447 g/mol. The summed E-state index contributed by atoms with van der Waals surface area (Å²) in [5.41, 5.74) is 0. The van der Waals surface area contributed by atoms with Crippen LogP contribution in [0.2, 0.25) is 0 Å². The van der Waals surface area contributed by atoms with Crippen molar-refractivity contribution < 1.29 is 21.1 Å². The van der Waals surface area contributed by atoms with Gasteiger partial charge in [0, 0.05) is 0 Å². The molecule has 0 saturated carbocycles. The van der Waals surface area contributed by atoms with Gasteiger partial charge in [0.1, 0.15) is 0 Å². The van der Waals surface area contributed by atoms with Crippen molar-refractivity contribution in [3.05, 3.63) is 45.9 Å². The van der Waals surface area contributed by atoms with Gasteiger partial charge >= 0.3 is 21.1 Å². The van der Waals surface area contributed by atoms with Crippen molar-refractivity contribution in [2.75, 3.05) is 6.54 Å². The minimum atomic E-state index is 0. The summed E-state index contributed by atoms with van der Waals surface area (Å²) in [4.78, 5) is 0. The predicted octanol–water partition coefficient (Wildman–Crippen LogP) is 3.29. The second-order valence-electron chi connectivity index (χ2n) is 3.61. The molecule has 2 nitrogen and oxygen atoms in total. The predicted molar refractivity (Wildman–Crippen MR) is 75.2 cm³/mol. The summed E-state index contributed by atoms with van der Waals surface area (Å²) in [6, 6.07) is 0.787. The Morgan fingerprint density at radius 1 is 1.12 bits per heavy atom. The van der Waals surface area contributed by atoms with E-state index < -0.39 is 0 Å². The van der Waals surface area contributed by atoms with Gasteiger partial charge in [-0.05, 0) is 0 Å². The molecule has 2 heterocycles. The molecule has 0 aromatic carbocycles. The first-order valence-corrected chi connectivity index (χ1v) is 6.41. The van der Waals surface area contributed by atoms with E-state index in [0.29, 0.717) is 12.1 Å². The Bertz CT molecular complexity index is 257. The average molecular weight is 447 g/mol. The quantitative estimate of drug-likeness (QED) is 0.578. The summed E-state index contributed by atoms with van der Waals surface area (Å²) in [6.45, 7) is 1.04. The average Bonchev–Trinajstić information content (AvgIpc) is 2.41. The number of hydrogen-bond acceptors (Lipinski definition) is 2. The summed E-state index contributed by atoms with van der Waals surface area (Å²) >= 11 is 8.54. The van der Waals surface area contributed by atoms with Crippen LogP contribution in [0.1, 0.15) is 19.3 Å². The Balaban J connectivity index is 0.000000453. The van der Waals surface area contributed by atoms with E-state index in [1.54, 1.807) is 0 Å². The minimum absolute atomic E-state index is 0. The van der Waals surface area contributed by atoms with Gasteiger partial charge in [0.25, 0.3) is 0 Å².